The first-order valence-corrected chi connectivity index (χ1v) is 6.30. The Morgan fingerprint density at radius 3 is 2.50 bits per heavy atom. The lowest BCUT2D eigenvalue weighted by Gasteiger charge is -2.16. The van der Waals surface area contributed by atoms with Gasteiger partial charge in [-0.05, 0) is 30.5 Å². The quantitative estimate of drug-likeness (QED) is 0.835. The Morgan fingerprint density at radius 2 is 1.90 bits per heavy atom. The Kier molecular flexibility index (Phi) is 6.09. The molecule has 0 aliphatic rings. The number of carboxylic acid groups (broad SMARTS) is 1. The smallest absolute Gasteiger partial charge is 0.303 e. The standard InChI is InChI=1S/C14H17F2NO3/c1-17(8-2-3-14(19)20)13(18)7-5-10-4-6-11(15)12(16)9-10/h4,6,9H,2-3,5,7-8H2,1H3,(H,19,20). The van der Waals surface area contributed by atoms with Crippen LogP contribution in [0.4, 0.5) is 8.78 Å². The molecule has 0 spiro atoms. The Hall–Kier alpha value is -1.98. The third kappa shape index (κ3) is 5.34. The molecule has 1 aromatic rings. The predicted octanol–water partition coefficient (Wildman–Crippen LogP) is 2.22. The fraction of sp³-hybridized carbons (Fsp3) is 0.429. The second-order valence-electron chi connectivity index (χ2n) is 4.56. The monoisotopic (exact) mass is 285 g/mol. The maximum absolute atomic E-state index is 13.0. The lowest BCUT2D eigenvalue weighted by Crippen LogP contribution is -2.28. The summed E-state index contributed by atoms with van der Waals surface area (Å²) in [5.41, 5.74) is 0.552. The number of benzene rings is 1. The van der Waals surface area contributed by atoms with Crippen molar-refractivity contribution in [2.75, 3.05) is 13.6 Å². The van der Waals surface area contributed by atoms with Crippen LogP contribution in [0.15, 0.2) is 18.2 Å². The first-order valence-electron chi connectivity index (χ1n) is 6.30. The van der Waals surface area contributed by atoms with E-state index < -0.39 is 17.6 Å². The van der Waals surface area contributed by atoms with Crippen molar-refractivity contribution in [2.45, 2.75) is 25.7 Å². The minimum Gasteiger partial charge on any atom is -0.481 e. The van der Waals surface area contributed by atoms with Crippen LogP contribution in [0.5, 0.6) is 0 Å². The van der Waals surface area contributed by atoms with E-state index in [1.54, 1.807) is 7.05 Å². The van der Waals surface area contributed by atoms with Crippen LogP contribution in [-0.4, -0.2) is 35.5 Å². The fourth-order valence-corrected chi connectivity index (χ4v) is 1.73. The van der Waals surface area contributed by atoms with Gasteiger partial charge in [-0.25, -0.2) is 8.78 Å². The van der Waals surface area contributed by atoms with Gasteiger partial charge < -0.3 is 10.0 Å². The number of carbonyl (C=O) groups is 2. The molecule has 0 radical (unpaired) electrons. The molecule has 1 rings (SSSR count). The summed E-state index contributed by atoms with van der Waals surface area (Å²) in [5.74, 6) is -2.89. The number of nitrogens with zero attached hydrogens (tertiary/aromatic N) is 1. The zero-order chi connectivity index (χ0) is 15.1. The summed E-state index contributed by atoms with van der Waals surface area (Å²) in [6, 6.07) is 3.55. The van der Waals surface area contributed by atoms with Crippen LogP contribution in [0, 0.1) is 11.6 Å². The third-order valence-corrected chi connectivity index (χ3v) is 2.92. The van der Waals surface area contributed by atoms with Gasteiger partial charge in [0.05, 0.1) is 0 Å². The van der Waals surface area contributed by atoms with E-state index in [0.29, 0.717) is 24.9 Å². The molecule has 1 amide bonds. The zero-order valence-electron chi connectivity index (χ0n) is 11.2. The number of aryl methyl sites for hydroxylation is 1. The lowest BCUT2D eigenvalue weighted by molar-refractivity contribution is -0.138. The van der Waals surface area contributed by atoms with E-state index in [2.05, 4.69) is 0 Å². The summed E-state index contributed by atoms with van der Waals surface area (Å²) in [4.78, 5) is 23.6. The molecule has 6 heteroatoms. The van der Waals surface area contributed by atoms with E-state index in [-0.39, 0.29) is 18.7 Å². The van der Waals surface area contributed by atoms with Crippen molar-refractivity contribution in [3.05, 3.63) is 35.4 Å². The minimum atomic E-state index is -0.926. The van der Waals surface area contributed by atoms with Gasteiger partial charge >= 0.3 is 5.97 Å². The summed E-state index contributed by atoms with van der Waals surface area (Å²) in [6.07, 6.45) is 0.900. The molecule has 0 atom stereocenters. The second kappa shape index (κ2) is 7.57. The molecule has 20 heavy (non-hydrogen) atoms. The van der Waals surface area contributed by atoms with Crippen LogP contribution in [-0.2, 0) is 16.0 Å². The molecular weight excluding hydrogens is 268 g/mol. The van der Waals surface area contributed by atoms with Gasteiger partial charge in [0, 0.05) is 26.4 Å². The van der Waals surface area contributed by atoms with E-state index in [0.717, 1.165) is 12.1 Å². The van der Waals surface area contributed by atoms with Crippen LogP contribution < -0.4 is 0 Å². The van der Waals surface area contributed by atoms with Gasteiger partial charge in [-0.1, -0.05) is 6.07 Å². The molecule has 4 nitrogen and oxygen atoms in total. The maximum Gasteiger partial charge on any atom is 0.303 e. The van der Waals surface area contributed by atoms with Gasteiger partial charge in [0.15, 0.2) is 11.6 Å². The normalized spacial score (nSPS) is 10.3. The van der Waals surface area contributed by atoms with Crippen LogP contribution in [0.25, 0.3) is 0 Å². The van der Waals surface area contributed by atoms with Crippen molar-refractivity contribution in [1.82, 2.24) is 4.90 Å². The molecule has 0 saturated heterocycles. The van der Waals surface area contributed by atoms with Crippen molar-refractivity contribution in [3.8, 4) is 0 Å². The molecule has 110 valence electrons. The van der Waals surface area contributed by atoms with Gasteiger partial charge in [0.25, 0.3) is 0 Å². The molecule has 0 unspecified atom stereocenters. The van der Waals surface area contributed by atoms with Crippen LogP contribution in [0.1, 0.15) is 24.8 Å². The van der Waals surface area contributed by atoms with E-state index in [1.165, 1.54) is 11.0 Å². The Labute approximate surface area is 116 Å². The number of carboxylic acids is 1. The molecule has 1 aromatic carbocycles. The number of rotatable bonds is 7. The van der Waals surface area contributed by atoms with Crippen molar-refractivity contribution in [1.29, 1.82) is 0 Å². The van der Waals surface area contributed by atoms with Crippen LogP contribution in [0.3, 0.4) is 0 Å². The Morgan fingerprint density at radius 1 is 1.20 bits per heavy atom. The zero-order valence-corrected chi connectivity index (χ0v) is 11.2. The molecule has 0 aromatic heterocycles. The summed E-state index contributed by atoms with van der Waals surface area (Å²) in [6.45, 7) is 0.364. The van der Waals surface area contributed by atoms with E-state index in [1.807, 2.05) is 0 Å². The second-order valence-corrected chi connectivity index (χ2v) is 4.56. The maximum atomic E-state index is 13.0. The summed E-state index contributed by atoms with van der Waals surface area (Å²) < 4.78 is 25.7. The van der Waals surface area contributed by atoms with Crippen molar-refractivity contribution >= 4 is 11.9 Å². The largest absolute Gasteiger partial charge is 0.481 e. The molecule has 0 aliphatic carbocycles. The number of amides is 1. The van der Waals surface area contributed by atoms with Crippen molar-refractivity contribution < 1.29 is 23.5 Å². The molecule has 0 fully saturated rings. The summed E-state index contributed by atoms with van der Waals surface area (Å²) in [7, 11) is 1.59. The third-order valence-electron chi connectivity index (χ3n) is 2.92. The summed E-state index contributed by atoms with van der Waals surface area (Å²) >= 11 is 0. The first kappa shape index (κ1) is 16.1. The highest BCUT2D eigenvalue weighted by atomic mass is 19.2. The van der Waals surface area contributed by atoms with Crippen molar-refractivity contribution in [2.24, 2.45) is 0 Å². The Bertz CT molecular complexity index is 491. The van der Waals surface area contributed by atoms with Gasteiger partial charge in [0.1, 0.15) is 0 Å². The van der Waals surface area contributed by atoms with Crippen molar-refractivity contribution in [3.63, 3.8) is 0 Å². The van der Waals surface area contributed by atoms with E-state index >= 15 is 0 Å². The lowest BCUT2D eigenvalue weighted by atomic mass is 10.1. The number of halogens is 2. The molecule has 0 heterocycles. The summed E-state index contributed by atoms with van der Waals surface area (Å²) in [5, 5.41) is 8.50. The van der Waals surface area contributed by atoms with E-state index in [9.17, 15) is 18.4 Å². The van der Waals surface area contributed by atoms with Gasteiger partial charge in [-0.2, -0.15) is 0 Å². The predicted molar refractivity (Wildman–Crippen MR) is 69.2 cm³/mol. The molecule has 0 bridgehead atoms. The van der Waals surface area contributed by atoms with Gasteiger partial charge in [0.2, 0.25) is 5.91 Å². The number of carbonyl (C=O) groups excluding carboxylic acids is 1. The minimum absolute atomic E-state index is 0.0147. The average molecular weight is 285 g/mol. The average Bonchev–Trinajstić information content (AvgIpc) is 2.39. The number of aliphatic carboxylic acids is 1. The fourth-order valence-electron chi connectivity index (χ4n) is 1.73. The number of hydrogen-bond acceptors (Lipinski definition) is 2. The highest BCUT2D eigenvalue weighted by Gasteiger charge is 2.10. The van der Waals surface area contributed by atoms with Crippen LogP contribution in [0.2, 0.25) is 0 Å². The van der Waals surface area contributed by atoms with Gasteiger partial charge in [-0.15, -0.1) is 0 Å². The molecular formula is C14H17F2NO3. The first-order chi connectivity index (χ1) is 9.40. The van der Waals surface area contributed by atoms with E-state index in [4.69, 9.17) is 5.11 Å². The SMILES string of the molecule is CN(CCCC(=O)O)C(=O)CCc1ccc(F)c(F)c1. The molecule has 0 saturated carbocycles. The van der Waals surface area contributed by atoms with Gasteiger partial charge in [-0.3, -0.25) is 9.59 Å². The number of hydrogen-bond donors (Lipinski definition) is 1. The molecule has 1 N–H and O–H groups in total. The van der Waals surface area contributed by atoms with Crippen LogP contribution >= 0.6 is 0 Å². The molecule has 0 aliphatic heterocycles. The highest BCUT2D eigenvalue weighted by Crippen LogP contribution is 2.11. The topological polar surface area (TPSA) is 57.6 Å². The Balaban J connectivity index is 2.38. The highest BCUT2D eigenvalue weighted by molar-refractivity contribution is 5.76.